The Kier molecular flexibility index (Phi) is 5.65. The van der Waals surface area contributed by atoms with E-state index in [4.69, 9.17) is 5.73 Å². The quantitative estimate of drug-likeness (QED) is 0.904. The normalized spacial score (nSPS) is 19.6. The van der Waals surface area contributed by atoms with Gasteiger partial charge in [0.05, 0.1) is 0 Å². The smallest absolute Gasteiger partial charge is 0.0399 e. The predicted molar refractivity (Wildman–Crippen MR) is 92.0 cm³/mol. The number of hydrogen-bond acceptors (Lipinski definition) is 3. The summed E-state index contributed by atoms with van der Waals surface area (Å²) in [7, 11) is 0. The van der Waals surface area contributed by atoms with Gasteiger partial charge in [-0.2, -0.15) is 0 Å². The van der Waals surface area contributed by atoms with Crippen LogP contribution in [0.2, 0.25) is 0 Å². The molecule has 1 fully saturated rings. The van der Waals surface area contributed by atoms with Gasteiger partial charge in [0.1, 0.15) is 0 Å². The van der Waals surface area contributed by atoms with Gasteiger partial charge >= 0.3 is 0 Å². The summed E-state index contributed by atoms with van der Waals surface area (Å²) in [6, 6.07) is 7.16. The molecule has 3 heteroatoms. The Hall–Kier alpha value is -1.06. The van der Waals surface area contributed by atoms with Crippen molar-refractivity contribution in [3.05, 3.63) is 29.3 Å². The molecule has 1 saturated heterocycles. The van der Waals surface area contributed by atoms with Crippen molar-refractivity contribution < 1.29 is 0 Å². The second-order valence-corrected chi connectivity index (χ2v) is 6.43. The van der Waals surface area contributed by atoms with Crippen LogP contribution in [0.1, 0.15) is 31.4 Å². The van der Waals surface area contributed by atoms with E-state index in [2.05, 4.69) is 55.7 Å². The number of hydrogen-bond donors (Lipinski definition) is 1. The number of nitrogens with zero attached hydrogens (tertiary/aromatic N) is 2. The summed E-state index contributed by atoms with van der Waals surface area (Å²) in [5, 5.41) is 0. The Morgan fingerprint density at radius 2 is 1.81 bits per heavy atom. The first-order valence-corrected chi connectivity index (χ1v) is 8.33. The Morgan fingerprint density at radius 3 is 2.38 bits per heavy atom. The molecule has 1 aliphatic rings. The average Bonchev–Trinajstić information content (AvgIpc) is 2.51. The molecule has 1 heterocycles. The van der Waals surface area contributed by atoms with Crippen molar-refractivity contribution in [1.82, 2.24) is 4.90 Å². The molecule has 0 aromatic heterocycles. The molecule has 3 nitrogen and oxygen atoms in total. The molecule has 2 N–H and O–H groups in total. The van der Waals surface area contributed by atoms with Gasteiger partial charge in [-0.1, -0.05) is 32.4 Å². The van der Waals surface area contributed by atoms with E-state index in [1.54, 1.807) is 0 Å². The van der Waals surface area contributed by atoms with Gasteiger partial charge in [-0.25, -0.2) is 0 Å². The van der Waals surface area contributed by atoms with E-state index < -0.39 is 0 Å². The molecule has 2 rings (SSSR count). The number of anilines is 1. The minimum absolute atomic E-state index is 0.538. The fraction of sp³-hybridized carbons (Fsp3) is 0.667. The van der Waals surface area contributed by atoms with Gasteiger partial charge in [0, 0.05) is 44.5 Å². The lowest BCUT2D eigenvalue weighted by Crippen LogP contribution is -2.54. The maximum Gasteiger partial charge on any atom is 0.0399 e. The zero-order valence-corrected chi connectivity index (χ0v) is 14.1. The second-order valence-electron chi connectivity index (χ2n) is 6.43. The van der Waals surface area contributed by atoms with Crippen LogP contribution in [-0.2, 0) is 0 Å². The van der Waals surface area contributed by atoms with Crippen molar-refractivity contribution in [2.45, 2.75) is 40.2 Å². The maximum atomic E-state index is 6.01. The molecule has 1 aliphatic heterocycles. The van der Waals surface area contributed by atoms with Crippen LogP contribution in [0.25, 0.3) is 0 Å². The lowest BCUT2D eigenvalue weighted by atomic mass is 9.97. The van der Waals surface area contributed by atoms with Crippen LogP contribution < -0.4 is 10.6 Å². The first-order valence-electron chi connectivity index (χ1n) is 8.33. The van der Waals surface area contributed by atoms with Crippen molar-refractivity contribution in [1.29, 1.82) is 0 Å². The van der Waals surface area contributed by atoms with E-state index >= 15 is 0 Å². The van der Waals surface area contributed by atoms with E-state index in [0.717, 1.165) is 32.7 Å². The Labute approximate surface area is 130 Å². The minimum atomic E-state index is 0.538. The van der Waals surface area contributed by atoms with Gasteiger partial charge < -0.3 is 10.6 Å². The third kappa shape index (κ3) is 3.58. The molecular weight excluding hydrogens is 258 g/mol. The van der Waals surface area contributed by atoms with E-state index in [9.17, 15) is 0 Å². The molecule has 0 aliphatic carbocycles. The number of piperazine rings is 1. The maximum absolute atomic E-state index is 6.01. The van der Waals surface area contributed by atoms with E-state index in [1.165, 1.54) is 23.2 Å². The number of aryl methyl sites for hydroxylation is 1. The second kappa shape index (κ2) is 7.28. The summed E-state index contributed by atoms with van der Waals surface area (Å²) in [4.78, 5) is 5.12. The molecule has 21 heavy (non-hydrogen) atoms. The fourth-order valence-corrected chi connectivity index (χ4v) is 3.39. The molecule has 0 amide bonds. The molecule has 2 atom stereocenters. The molecule has 1 aromatic rings. The van der Waals surface area contributed by atoms with Crippen molar-refractivity contribution in [3.63, 3.8) is 0 Å². The molecule has 1 aromatic carbocycles. The van der Waals surface area contributed by atoms with E-state index in [1.807, 2.05) is 0 Å². The third-order valence-electron chi connectivity index (χ3n) is 5.24. The van der Waals surface area contributed by atoms with E-state index in [0.29, 0.717) is 12.0 Å². The average molecular weight is 289 g/mol. The van der Waals surface area contributed by atoms with Gasteiger partial charge in [0.2, 0.25) is 0 Å². The summed E-state index contributed by atoms with van der Waals surface area (Å²) in [6.07, 6.45) is 1.21. The number of rotatable bonds is 5. The molecule has 0 spiro atoms. The number of benzene rings is 1. The zero-order valence-electron chi connectivity index (χ0n) is 14.1. The third-order valence-corrected chi connectivity index (χ3v) is 5.24. The summed E-state index contributed by atoms with van der Waals surface area (Å²) in [5.41, 5.74) is 10.2. The zero-order chi connectivity index (χ0) is 15.4. The van der Waals surface area contributed by atoms with Gasteiger partial charge in [0.25, 0.3) is 0 Å². The van der Waals surface area contributed by atoms with Crippen LogP contribution >= 0.6 is 0 Å². The van der Waals surface area contributed by atoms with Gasteiger partial charge in [-0.3, -0.25) is 4.90 Å². The molecule has 0 radical (unpaired) electrons. The first-order chi connectivity index (χ1) is 10.1. The van der Waals surface area contributed by atoms with Crippen LogP contribution in [0.4, 0.5) is 5.69 Å². The summed E-state index contributed by atoms with van der Waals surface area (Å²) >= 11 is 0. The van der Waals surface area contributed by atoms with Crippen LogP contribution in [0.15, 0.2) is 18.2 Å². The Bertz CT molecular complexity index is 450. The van der Waals surface area contributed by atoms with Gasteiger partial charge in [-0.05, 0) is 37.0 Å². The Balaban J connectivity index is 2.01. The van der Waals surface area contributed by atoms with E-state index in [-0.39, 0.29) is 0 Å². The first kappa shape index (κ1) is 16.3. The van der Waals surface area contributed by atoms with Crippen molar-refractivity contribution in [2.75, 3.05) is 37.6 Å². The summed E-state index contributed by atoms with van der Waals surface area (Å²) < 4.78 is 0. The van der Waals surface area contributed by atoms with Gasteiger partial charge in [0.15, 0.2) is 0 Å². The SMILES string of the molecule is CCC(C)C(CN)N1CCN(c2cccc(C)c2C)CC1. The van der Waals surface area contributed by atoms with Crippen molar-refractivity contribution in [2.24, 2.45) is 11.7 Å². The molecular formula is C18H31N3. The van der Waals surface area contributed by atoms with Crippen LogP contribution in [0.5, 0.6) is 0 Å². The summed E-state index contributed by atoms with van der Waals surface area (Å²) in [6.45, 7) is 14.3. The molecule has 118 valence electrons. The fourth-order valence-electron chi connectivity index (χ4n) is 3.39. The van der Waals surface area contributed by atoms with Crippen LogP contribution in [0, 0.1) is 19.8 Å². The highest BCUT2D eigenvalue weighted by atomic mass is 15.3. The monoisotopic (exact) mass is 289 g/mol. The largest absolute Gasteiger partial charge is 0.369 e. The van der Waals surface area contributed by atoms with Crippen LogP contribution in [-0.4, -0.2) is 43.7 Å². The Morgan fingerprint density at radius 1 is 1.14 bits per heavy atom. The molecule has 2 unspecified atom stereocenters. The lowest BCUT2D eigenvalue weighted by molar-refractivity contribution is 0.142. The standard InChI is InChI=1S/C18H31N3/c1-5-14(2)18(13-19)21-11-9-20(10-12-21)17-8-6-7-15(3)16(17)4/h6-8,14,18H,5,9-13,19H2,1-4H3. The molecule has 0 saturated carbocycles. The highest BCUT2D eigenvalue weighted by molar-refractivity contribution is 5.56. The van der Waals surface area contributed by atoms with Crippen LogP contribution in [0.3, 0.4) is 0 Å². The molecule has 0 bridgehead atoms. The van der Waals surface area contributed by atoms with Crippen molar-refractivity contribution >= 4 is 5.69 Å². The predicted octanol–water partition coefficient (Wildman–Crippen LogP) is 2.80. The topological polar surface area (TPSA) is 32.5 Å². The minimum Gasteiger partial charge on any atom is -0.369 e. The van der Waals surface area contributed by atoms with Crippen molar-refractivity contribution in [3.8, 4) is 0 Å². The highest BCUT2D eigenvalue weighted by Gasteiger charge is 2.26. The summed E-state index contributed by atoms with van der Waals surface area (Å²) in [5.74, 6) is 0.683. The lowest BCUT2D eigenvalue weighted by Gasteiger charge is -2.42. The number of nitrogens with two attached hydrogens (primary N) is 1. The highest BCUT2D eigenvalue weighted by Crippen LogP contribution is 2.25. The van der Waals surface area contributed by atoms with Gasteiger partial charge in [-0.15, -0.1) is 0 Å².